The highest BCUT2D eigenvalue weighted by molar-refractivity contribution is 5.96. The van der Waals surface area contributed by atoms with Crippen molar-refractivity contribution in [1.29, 1.82) is 0 Å². The second-order valence-corrected chi connectivity index (χ2v) is 5.82. The van der Waals surface area contributed by atoms with Crippen LogP contribution in [0.2, 0.25) is 0 Å². The average Bonchev–Trinajstić information content (AvgIpc) is 2.86. The number of nitrogens with zero attached hydrogens (tertiary/aromatic N) is 3. The molecular formula is C17H17N5O4. The molecule has 26 heavy (non-hydrogen) atoms. The Kier molecular flexibility index (Phi) is 4.21. The lowest BCUT2D eigenvalue weighted by Gasteiger charge is -2.13. The van der Waals surface area contributed by atoms with Crippen LogP contribution in [0.3, 0.4) is 0 Å². The molecule has 9 nitrogen and oxygen atoms in total. The molecule has 3 N–H and O–H groups in total. The third-order valence-corrected chi connectivity index (χ3v) is 4.07. The zero-order valence-electron chi connectivity index (χ0n) is 14.2. The maximum absolute atomic E-state index is 12.5. The molecule has 0 aliphatic rings. The first-order chi connectivity index (χ1) is 12.3. The molecule has 2 aromatic heterocycles. The smallest absolute Gasteiger partial charge is 0.352 e. The number of nitrogens with one attached hydrogen (secondary N) is 1. The van der Waals surface area contributed by atoms with Gasteiger partial charge < -0.3 is 11.1 Å². The highest BCUT2D eigenvalue weighted by Gasteiger charge is 2.21. The van der Waals surface area contributed by atoms with Crippen molar-refractivity contribution < 1.29 is 9.59 Å². The van der Waals surface area contributed by atoms with Crippen molar-refractivity contribution in [2.24, 2.45) is 12.8 Å². The van der Waals surface area contributed by atoms with Crippen molar-refractivity contribution in [3.05, 3.63) is 69.1 Å². The lowest BCUT2D eigenvalue weighted by Crippen LogP contribution is -2.43. The Labute approximate surface area is 147 Å². The summed E-state index contributed by atoms with van der Waals surface area (Å²) in [4.78, 5) is 48.7. The molecule has 134 valence electrons. The van der Waals surface area contributed by atoms with Gasteiger partial charge in [-0.05, 0) is 19.1 Å². The molecule has 9 heteroatoms. The van der Waals surface area contributed by atoms with E-state index in [2.05, 4.69) is 5.32 Å². The van der Waals surface area contributed by atoms with Gasteiger partial charge in [0, 0.05) is 12.6 Å². The molecule has 0 spiro atoms. The van der Waals surface area contributed by atoms with Crippen LogP contribution in [0.5, 0.6) is 0 Å². The fraction of sp³-hybridized carbons (Fsp3) is 0.176. The zero-order chi connectivity index (χ0) is 19.0. The van der Waals surface area contributed by atoms with Gasteiger partial charge in [-0.2, -0.15) is 9.03 Å². The monoisotopic (exact) mass is 355 g/mol. The maximum atomic E-state index is 12.5. The minimum Gasteiger partial charge on any atom is -0.368 e. The number of rotatable bonds is 4. The van der Waals surface area contributed by atoms with Gasteiger partial charge in [-0.15, -0.1) is 0 Å². The third-order valence-electron chi connectivity index (χ3n) is 4.07. The second-order valence-electron chi connectivity index (χ2n) is 5.82. The predicted octanol–water partition coefficient (Wildman–Crippen LogP) is -0.632. The predicted molar refractivity (Wildman–Crippen MR) is 93.9 cm³/mol. The van der Waals surface area contributed by atoms with Gasteiger partial charge in [0.1, 0.15) is 11.7 Å². The van der Waals surface area contributed by atoms with E-state index in [-0.39, 0.29) is 5.69 Å². The van der Waals surface area contributed by atoms with Gasteiger partial charge >= 0.3 is 11.4 Å². The highest BCUT2D eigenvalue weighted by atomic mass is 16.2. The molecule has 0 saturated heterocycles. The second kappa shape index (κ2) is 6.36. The first kappa shape index (κ1) is 17.2. The summed E-state index contributed by atoms with van der Waals surface area (Å²) in [5, 5.41) is 2.41. The summed E-state index contributed by atoms with van der Waals surface area (Å²) in [7, 11) is 1.33. The normalized spacial score (nSPS) is 12.1. The Morgan fingerprint density at radius 1 is 1.00 bits per heavy atom. The summed E-state index contributed by atoms with van der Waals surface area (Å²) in [5.41, 5.74) is 4.96. The molecule has 3 aromatic rings. The summed E-state index contributed by atoms with van der Waals surface area (Å²) >= 11 is 0. The molecule has 0 aliphatic heterocycles. The number of amides is 2. The van der Waals surface area contributed by atoms with Gasteiger partial charge in [0.25, 0.3) is 5.91 Å². The molecule has 0 bridgehead atoms. The van der Waals surface area contributed by atoms with E-state index in [4.69, 9.17) is 5.73 Å². The quantitative estimate of drug-likeness (QED) is 0.647. The van der Waals surface area contributed by atoms with Gasteiger partial charge in [0.05, 0.1) is 5.69 Å². The summed E-state index contributed by atoms with van der Waals surface area (Å²) in [5.74, 6) is -1.41. The molecule has 1 unspecified atom stereocenters. The Bertz CT molecular complexity index is 1120. The maximum Gasteiger partial charge on any atom is 0.352 e. The molecule has 0 saturated carbocycles. The number of aromatic nitrogens is 3. The topological polar surface area (TPSA) is 120 Å². The van der Waals surface area contributed by atoms with Crippen molar-refractivity contribution in [2.45, 2.75) is 13.0 Å². The number of hydrogen-bond donors (Lipinski definition) is 2. The van der Waals surface area contributed by atoms with E-state index in [1.807, 2.05) is 6.07 Å². The van der Waals surface area contributed by atoms with Crippen LogP contribution in [0.25, 0.3) is 11.3 Å². The highest BCUT2D eigenvalue weighted by Crippen LogP contribution is 2.17. The Morgan fingerprint density at radius 3 is 2.23 bits per heavy atom. The Hall–Kier alpha value is -3.62. The van der Waals surface area contributed by atoms with Crippen molar-refractivity contribution in [1.82, 2.24) is 18.9 Å². The number of hydrogen-bond acceptors (Lipinski definition) is 4. The number of carbonyl (C=O) groups is 2. The number of benzene rings is 1. The summed E-state index contributed by atoms with van der Waals surface area (Å²) < 4.78 is 3.01. The van der Waals surface area contributed by atoms with E-state index < -0.39 is 29.2 Å². The van der Waals surface area contributed by atoms with Crippen molar-refractivity contribution in [3.63, 3.8) is 0 Å². The lowest BCUT2D eigenvalue weighted by molar-refractivity contribution is -0.119. The molecule has 2 amide bonds. The van der Waals surface area contributed by atoms with Crippen LogP contribution < -0.4 is 22.4 Å². The van der Waals surface area contributed by atoms with Crippen molar-refractivity contribution in [2.75, 3.05) is 0 Å². The van der Waals surface area contributed by atoms with E-state index in [0.717, 1.165) is 13.6 Å². The van der Waals surface area contributed by atoms with Crippen LogP contribution in [0.15, 0.2) is 52.1 Å². The number of primary amides is 1. The molecule has 2 heterocycles. The van der Waals surface area contributed by atoms with E-state index in [1.165, 1.54) is 20.0 Å². The number of nitrogens with two attached hydrogens (primary N) is 1. The van der Waals surface area contributed by atoms with Gasteiger partial charge in [0.2, 0.25) is 5.91 Å². The largest absolute Gasteiger partial charge is 0.368 e. The minimum absolute atomic E-state index is 0.0829. The SMILES string of the molecule is CC(NC(=O)c1ccc(-c2ccccc2)n2c(=O)n(C)c(=O)n12)C(N)=O. The summed E-state index contributed by atoms with van der Waals surface area (Å²) in [6.45, 7) is 1.43. The minimum atomic E-state index is -0.928. The van der Waals surface area contributed by atoms with E-state index in [1.54, 1.807) is 30.3 Å². The standard InChI is InChI=1S/C17H17N5O4/c1-10(14(18)23)19-15(24)13-9-8-12(11-6-4-3-5-7-11)21-16(25)20(2)17(26)22(13)21/h3-10H,1-2H3,(H2,18,23)(H,19,24). The third kappa shape index (κ3) is 2.69. The first-order valence-electron chi connectivity index (χ1n) is 7.82. The Morgan fingerprint density at radius 2 is 1.62 bits per heavy atom. The van der Waals surface area contributed by atoms with Gasteiger partial charge in [-0.3, -0.25) is 9.59 Å². The van der Waals surface area contributed by atoms with Crippen molar-refractivity contribution >= 4 is 11.8 Å². The number of carbonyl (C=O) groups excluding carboxylic acids is 2. The molecule has 1 aromatic carbocycles. The van der Waals surface area contributed by atoms with Gasteiger partial charge in [-0.1, -0.05) is 30.3 Å². The Balaban J connectivity index is 2.27. The molecule has 1 atom stereocenters. The van der Waals surface area contributed by atoms with E-state index >= 15 is 0 Å². The molecule has 0 aliphatic carbocycles. The van der Waals surface area contributed by atoms with Crippen LogP contribution in [-0.4, -0.2) is 31.5 Å². The first-order valence-corrected chi connectivity index (χ1v) is 7.82. The molecule has 0 fully saturated rings. The van der Waals surface area contributed by atoms with Crippen LogP contribution in [0.4, 0.5) is 0 Å². The number of fused-ring (bicyclic) bond motifs is 1. The summed E-state index contributed by atoms with van der Waals surface area (Å²) in [6.07, 6.45) is 0. The molecule has 3 rings (SSSR count). The van der Waals surface area contributed by atoms with E-state index in [9.17, 15) is 19.2 Å². The fourth-order valence-corrected chi connectivity index (χ4v) is 2.60. The van der Waals surface area contributed by atoms with Crippen molar-refractivity contribution in [3.8, 4) is 11.3 Å². The van der Waals surface area contributed by atoms with E-state index in [0.29, 0.717) is 11.3 Å². The van der Waals surface area contributed by atoms with Crippen LogP contribution in [-0.2, 0) is 11.8 Å². The lowest BCUT2D eigenvalue weighted by atomic mass is 10.1. The molecule has 0 radical (unpaired) electrons. The zero-order valence-corrected chi connectivity index (χ0v) is 14.2. The summed E-state index contributed by atoms with van der Waals surface area (Å²) in [6, 6.07) is 11.1. The van der Waals surface area contributed by atoms with Crippen LogP contribution in [0, 0.1) is 0 Å². The average molecular weight is 355 g/mol. The van der Waals surface area contributed by atoms with Gasteiger partial charge in [0.15, 0.2) is 0 Å². The van der Waals surface area contributed by atoms with Crippen LogP contribution in [0.1, 0.15) is 17.4 Å². The molecular weight excluding hydrogens is 338 g/mol. The van der Waals surface area contributed by atoms with Gasteiger partial charge in [-0.25, -0.2) is 14.2 Å². The fourth-order valence-electron chi connectivity index (χ4n) is 2.60. The van der Waals surface area contributed by atoms with Crippen LogP contribution >= 0.6 is 0 Å².